The Morgan fingerprint density at radius 2 is 1.43 bits per heavy atom. The first-order valence-electron chi connectivity index (χ1n) is 11.1. The maximum Gasteiger partial charge on any atom is 0.221 e. The van der Waals surface area contributed by atoms with E-state index in [0.29, 0.717) is 19.0 Å². The second kappa shape index (κ2) is 10.6. The second-order valence-corrected chi connectivity index (χ2v) is 7.53. The van der Waals surface area contributed by atoms with Gasteiger partial charge in [-0.1, -0.05) is 33.8 Å². The summed E-state index contributed by atoms with van der Waals surface area (Å²) in [7, 11) is 0. The van der Waals surface area contributed by atoms with Crippen LogP contribution in [-0.4, -0.2) is 68.1 Å². The Hall–Kier alpha value is -2.37. The number of fused-ring (bicyclic) bond motifs is 3. The van der Waals surface area contributed by atoms with Crippen molar-refractivity contribution in [2.45, 2.75) is 27.7 Å². The van der Waals surface area contributed by atoms with Gasteiger partial charge in [-0.25, -0.2) is 0 Å². The van der Waals surface area contributed by atoms with Crippen LogP contribution in [0.25, 0.3) is 11.6 Å². The summed E-state index contributed by atoms with van der Waals surface area (Å²) in [5.41, 5.74) is 4.17. The average Bonchev–Trinajstić information content (AvgIpc) is 3.10. The average molecular weight is 411 g/mol. The van der Waals surface area contributed by atoms with Gasteiger partial charge in [-0.15, -0.1) is 0 Å². The van der Waals surface area contributed by atoms with Crippen molar-refractivity contribution in [3.05, 3.63) is 52.8 Å². The van der Waals surface area contributed by atoms with Gasteiger partial charge in [0.25, 0.3) is 0 Å². The molecule has 3 rings (SSSR count). The number of hydrogen-bond acceptors (Lipinski definition) is 5. The molecule has 0 amide bonds. The summed E-state index contributed by atoms with van der Waals surface area (Å²) in [6.07, 6.45) is 5.69. The van der Waals surface area contributed by atoms with E-state index in [-0.39, 0.29) is 5.78 Å². The fourth-order valence-electron chi connectivity index (χ4n) is 3.86. The van der Waals surface area contributed by atoms with Gasteiger partial charge in [0.1, 0.15) is 19.0 Å². The highest BCUT2D eigenvalue weighted by Gasteiger charge is 2.25. The molecule has 2 aliphatic rings. The predicted molar refractivity (Wildman–Crippen MR) is 123 cm³/mol. The molecule has 0 unspecified atom stereocenters. The lowest BCUT2D eigenvalue weighted by Gasteiger charge is -2.19. The van der Waals surface area contributed by atoms with Crippen LogP contribution in [0.4, 0.5) is 0 Å². The topological polar surface area (TPSA) is 42.0 Å². The monoisotopic (exact) mass is 410 g/mol. The zero-order valence-electron chi connectivity index (χ0n) is 18.7. The number of allylic oxidation sites excluding steroid dienone is 4. The third-order valence-electron chi connectivity index (χ3n) is 5.87. The Labute approximate surface area is 180 Å². The van der Waals surface area contributed by atoms with E-state index in [4.69, 9.17) is 9.47 Å². The first kappa shape index (κ1) is 22.3. The number of rotatable bonds is 12. The van der Waals surface area contributed by atoms with E-state index in [1.165, 1.54) is 0 Å². The van der Waals surface area contributed by atoms with E-state index in [9.17, 15) is 4.79 Å². The molecule has 2 aliphatic carbocycles. The lowest BCUT2D eigenvalue weighted by atomic mass is 9.96. The Morgan fingerprint density at radius 3 is 2.07 bits per heavy atom. The molecule has 1 aromatic rings. The zero-order valence-corrected chi connectivity index (χ0v) is 18.7. The van der Waals surface area contributed by atoms with Crippen LogP contribution >= 0.6 is 0 Å². The van der Waals surface area contributed by atoms with E-state index >= 15 is 0 Å². The van der Waals surface area contributed by atoms with Crippen molar-refractivity contribution < 1.29 is 14.3 Å². The number of benzene rings is 1. The third kappa shape index (κ3) is 5.21. The number of hydrogen-bond donors (Lipinski definition) is 0. The van der Waals surface area contributed by atoms with Crippen LogP contribution in [-0.2, 0) is 9.53 Å². The quantitative estimate of drug-likeness (QED) is 0.521. The molecule has 0 bridgehead atoms. The Morgan fingerprint density at radius 1 is 0.800 bits per heavy atom. The van der Waals surface area contributed by atoms with Crippen molar-refractivity contribution in [1.29, 1.82) is 0 Å². The molecule has 0 saturated carbocycles. The minimum Gasteiger partial charge on any atom is -0.492 e. The molecule has 0 heterocycles. The molecule has 30 heavy (non-hydrogen) atoms. The van der Waals surface area contributed by atoms with Gasteiger partial charge in [0.15, 0.2) is 5.76 Å². The summed E-state index contributed by atoms with van der Waals surface area (Å²) in [4.78, 5) is 17.2. The molecule has 0 aromatic heterocycles. The van der Waals surface area contributed by atoms with Gasteiger partial charge >= 0.3 is 0 Å². The standard InChI is InChI=1S/C25H34N2O3/c1-5-26(6-2)11-13-29-21-9-10-22-19(16-21)15-20-17-25(24(28)18-23(20)22)30-14-12-27(7-3)8-4/h9-10,15-18H,5-8,11-14H2,1-4H3. The molecule has 0 radical (unpaired) electrons. The van der Waals surface area contributed by atoms with Crippen LogP contribution in [0.2, 0.25) is 0 Å². The lowest BCUT2D eigenvalue weighted by Crippen LogP contribution is -2.27. The van der Waals surface area contributed by atoms with E-state index in [0.717, 1.165) is 67.3 Å². The van der Waals surface area contributed by atoms with Gasteiger partial charge in [-0.3, -0.25) is 4.79 Å². The molecule has 5 heteroatoms. The van der Waals surface area contributed by atoms with Crippen molar-refractivity contribution in [1.82, 2.24) is 9.80 Å². The first-order valence-corrected chi connectivity index (χ1v) is 11.1. The van der Waals surface area contributed by atoms with Gasteiger partial charge in [0.2, 0.25) is 5.78 Å². The summed E-state index contributed by atoms with van der Waals surface area (Å²) in [5, 5.41) is 0. The first-order chi connectivity index (χ1) is 14.6. The van der Waals surface area contributed by atoms with Crippen LogP contribution in [0.1, 0.15) is 38.8 Å². The van der Waals surface area contributed by atoms with Crippen LogP contribution in [0.3, 0.4) is 0 Å². The minimum absolute atomic E-state index is 0.0610. The van der Waals surface area contributed by atoms with Gasteiger partial charge in [-0.05, 0) is 78.8 Å². The molecule has 0 saturated heterocycles. The third-order valence-corrected chi connectivity index (χ3v) is 5.87. The SMILES string of the molecule is CCN(CC)CCOC1=CC2=Cc3cc(OCCN(CC)CC)ccc3C2=CC1=O. The highest BCUT2D eigenvalue weighted by atomic mass is 16.5. The van der Waals surface area contributed by atoms with Crippen LogP contribution in [0, 0.1) is 0 Å². The molecule has 0 atom stereocenters. The van der Waals surface area contributed by atoms with Crippen molar-refractivity contribution in [3.8, 4) is 5.75 Å². The van der Waals surface area contributed by atoms with Crippen molar-refractivity contribution >= 4 is 17.4 Å². The maximum atomic E-state index is 12.6. The summed E-state index contributed by atoms with van der Waals surface area (Å²) in [6.45, 7) is 15.5. The Bertz CT molecular complexity index is 846. The Kier molecular flexibility index (Phi) is 7.88. The lowest BCUT2D eigenvalue weighted by molar-refractivity contribution is -0.114. The molecule has 1 aromatic carbocycles. The van der Waals surface area contributed by atoms with E-state index in [1.54, 1.807) is 6.08 Å². The molecule has 0 fully saturated rings. The van der Waals surface area contributed by atoms with E-state index < -0.39 is 0 Å². The van der Waals surface area contributed by atoms with E-state index in [2.05, 4.69) is 49.6 Å². The molecule has 0 spiro atoms. The fraction of sp³-hybridized carbons (Fsp3) is 0.480. The molecule has 5 nitrogen and oxygen atoms in total. The number of carbonyl (C=O) groups excluding carboxylic acids is 1. The number of nitrogens with zero attached hydrogens (tertiary/aromatic N) is 2. The van der Waals surface area contributed by atoms with Crippen molar-refractivity contribution in [3.63, 3.8) is 0 Å². The second-order valence-electron chi connectivity index (χ2n) is 7.53. The number of likely N-dealkylation sites (N-methyl/N-ethyl adjacent to an activating group) is 2. The fourth-order valence-corrected chi connectivity index (χ4v) is 3.86. The molecular formula is C25H34N2O3. The zero-order chi connectivity index (χ0) is 21.5. The normalized spacial score (nSPS) is 15.0. The predicted octanol–water partition coefficient (Wildman–Crippen LogP) is 4.01. The van der Waals surface area contributed by atoms with Crippen LogP contribution in [0.5, 0.6) is 5.75 Å². The summed E-state index contributed by atoms with van der Waals surface area (Å²) in [5.74, 6) is 1.23. The molecule has 0 aliphatic heterocycles. The maximum absolute atomic E-state index is 12.6. The minimum atomic E-state index is -0.0610. The van der Waals surface area contributed by atoms with Gasteiger partial charge in [0.05, 0.1) is 0 Å². The van der Waals surface area contributed by atoms with Gasteiger partial charge < -0.3 is 19.3 Å². The molecule has 162 valence electrons. The summed E-state index contributed by atoms with van der Waals surface area (Å²) < 4.78 is 11.8. The smallest absolute Gasteiger partial charge is 0.221 e. The van der Waals surface area contributed by atoms with Crippen LogP contribution < -0.4 is 4.74 Å². The van der Waals surface area contributed by atoms with Gasteiger partial charge in [-0.2, -0.15) is 0 Å². The highest BCUT2D eigenvalue weighted by Crippen LogP contribution is 2.40. The van der Waals surface area contributed by atoms with Crippen LogP contribution in [0.15, 0.2) is 41.7 Å². The molecule has 0 N–H and O–H groups in total. The highest BCUT2D eigenvalue weighted by molar-refractivity contribution is 6.15. The Balaban J connectivity index is 1.64. The number of ketones is 1. The van der Waals surface area contributed by atoms with E-state index in [1.807, 2.05) is 18.2 Å². The van der Waals surface area contributed by atoms with Crippen molar-refractivity contribution in [2.24, 2.45) is 0 Å². The summed E-state index contributed by atoms with van der Waals surface area (Å²) >= 11 is 0. The molecular weight excluding hydrogens is 376 g/mol. The number of ether oxygens (including phenoxy) is 2. The summed E-state index contributed by atoms with van der Waals surface area (Å²) in [6, 6.07) is 6.09. The van der Waals surface area contributed by atoms with Gasteiger partial charge in [0, 0.05) is 13.1 Å². The van der Waals surface area contributed by atoms with Crippen molar-refractivity contribution in [2.75, 3.05) is 52.5 Å². The largest absolute Gasteiger partial charge is 0.492 e. The number of carbonyl (C=O) groups is 1.